The average molecular weight is 503 g/mol. The van der Waals surface area contributed by atoms with Gasteiger partial charge in [-0.25, -0.2) is 0 Å². The predicted octanol–water partition coefficient (Wildman–Crippen LogP) is 2.39. The fourth-order valence-electron chi connectivity index (χ4n) is 3.70. The fraction of sp³-hybridized carbons (Fsp3) is 0.462. The molecule has 0 spiro atoms. The maximum absolute atomic E-state index is 11.8. The van der Waals surface area contributed by atoms with Gasteiger partial charge in [0.2, 0.25) is 0 Å². The Morgan fingerprint density at radius 2 is 1.78 bits per heavy atom. The second-order valence-electron chi connectivity index (χ2n) is 8.28. The molecule has 1 aromatic heterocycles. The number of nitrogens with one attached hydrogen (secondary N) is 1. The SMILES string of the molecule is C=C/C=C(\C=C/CC)CC(CN(CC)CC(=O)O)N(CC(=O)O)Cc1cccc(CNCC(=O)O)n1. The zero-order chi connectivity index (χ0) is 26.9. The number of carboxylic acid groups (broad SMARTS) is 3. The molecule has 0 aliphatic heterocycles. The molecule has 0 saturated heterocycles. The number of likely N-dealkylation sites (N-methyl/N-ethyl adjacent to an activating group) is 1. The molecule has 4 N–H and O–H groups in total. The third-order valence-corrected chi connectivity index (χ3v) is 5.31. The van der Waals surface area contributed by atoms with Crippen molar-refractivity contribution in [1.82, 2.24) is 20.1 Å². The molecule has 0 fully saturated rings. The van der Waals surface area contributed by atoms with Crippen LogP contribution in [0.15, 0.2) is 54.7 Å². The quantitative estimate of drug-likeness (QED) is 0.208. The van der Waals surface area contributed by atoms with Crippen molar-refractivity contribution in [2.45, 2.75) is 45.8 Å². The summed E-state index contributed by atoms with van der Waals surface area (Å²) in [6, 6.07) is 5.04. The highest BCUT2D eigenvalue weighted by molar-refractivity contribution is 5.69. The highest BCUT2D eigenvalue weighted by Crippen LogP contribution is 2.18. The topological polar surface area (TPSA) is 143 Å². The molecule has 36 heavy (non-hydrogen) atoms. The lowest BCUT2D eigenvalue weighted by atomic mass is 10.0. The lowest BCUT2D eigenvalue weighted by molar-refractivity contribution is -0.141. The number of pyridine rings is 1. The molecule has 0 radical (unpaired) electrons. The molecule has 10 nitrogen and oxygen atoms in total. The molecule has 0 bridgehead atoms. The minimum absolute atomic E-state index is 0.151. The molecule has 10 heteroatoms. The van der Waals surface area contributed by atoms with Gasteiger partial charge in [-0.2, -0.15) is 0 Å². The Balaban J connectivity index is 3.27. The van der Waals surface area contributed by atoms with Gasteiger partial charge in [-0.05, 0) is 37.1 Å². The van der Waals surface area contributed by atoms with Crippen LogP contribution in [-0.4, -0.2) is 86.8 Å². The molecule has 1 unspecified atom stereocenters. The molecule has 198 valence electrons. The lowest BCUT2D eigenvalue weighted by Gasteiger charge is -2.34. The molecule has 0 aromatic carbocycles. The average Bonchev–Trinajstić information content (AvgIpc) is 2.80. The highest BCUT2D eigenvalue weighted by atomic mass is 16.4. The Bertz CT molecular complexity index is 931. The van der Waals surface area contributed by atoms with Gasteiger partial charge in [0.05, 0.1) is 31.0 Å². The van der Waals surface area contributed by atoms with Crippen molar-refractivity contribution in [3.05, 3.63) is 66.0 Å². The Hall–Kier alpha value is -3.34. The van der Waals surface area contributed by atoms with E-state index in [1.807, 2.05) is 32.1 Å². The van der Waals surface area contributed by atoms with E-state index in [1.54, 1.807) is 34.1 Å². The highest BCUT2D eigenvalue weighted by Gasteiger charge is 2.25. The normalized spacial score (nSPS) is 12.8. The van der Waals surface area contributed by atoms with Gasteiger partial charge in [-0.15, -0.1) is 0 Å². The van der Waals surface area contributed by atoms with Gasteiger partial charge in [-0.1, -0.05) is 50.8 Å². The fourth-order valence-corrected chi connectivity index (χ4v) is 3.70. The Kier molecular flexibility index (Phi) is 14.6. The monoisotopic (exact) mass is 502 g/mol. The number of carbonyl (C=O) groups is 3. The van der Waals surface area contributed by atoms with Gasteiger partial charge in [0, 0.05) is 25.7 Å². The van der Waals surface area contributed by atoms with Crippen LogP contribution in [0.5, 0.6) is 0 Å². The van der Waals surface area contributed by atoms with Crippen LogP contribution in [0.4, 0.5) is 0 Å². The van der Waals surface area contributed by atoms with Gasteiger partial charge >= 0.3 is 17.9 Å². The zero-order valence-electron chi connectivity index (χ0n) is 21.1. The van der Waals surface area contributed by atoms with E-state index in [-0.39, 0.29) is 38.8 Å². The number of nitrogens with zero attached hydrogens (tertiary/aromatic N) is 3. The number of aromatic nitrogens is 1. The van der Waals surface area contributed by atoms with Gasteiger partial charge in [0.25, 0.3) is 0 Å². The maximum atomic E-state index is 11.8. The molecule has 0 saturated carbocycles. The van der Waals surface area contributed by atoms with Crippen LogP contribution < -0.4 is 5.32 Å². The molecule has 1 rings (SSSR count). The van der Waals surface area contributed by atoms with Crippen molar-refractivity contribution in [1.29, 1.82) is 0 Å². The minimum Gasteiger partial charge on any atom is -0.480 e. The molecular weight excluding hydrogens is 464 g/mol. The summed E-state index contributed by atoms with van der Waals surface area (Å²) < 4.78 is 0. The van der Waals surface area contributed by atoms with E-state index in [0.717, 1.165) is 12.0 Å². The number of aliphatic carboxylic acids is 3. The second-order valence-corrected chi connectivity index (χ2v) is 8.28. The molecule has 0 amide bonds. The van der Waals surface area contributed by atoms with Crippen LogP contribution in [-0.2, 0) is 27.5 Å². The summed E-state index contributed by atoms with van der Waals surface area (Å²) in [5.41, 5.74) is 2.23. The maximum Gasteiger partial charge on any atom is 0.317 e. The summed E-state index contributed by atoms with van der Waals surface area (Å²) in [6.45, 7) is 8.41. The van der Waals surface area contributed by atoms with Gasteiger partial charge < -0.3 is 20.6 Å². The zero-order valence-corrected chi connectivity index (χ0v) is 21.1. The summed E-state index contributed by atoms with van der Waals surface area (Å²) in [4.78, 5) is 42.1. The summed E-state index contributed by atoms with van der Waals surface area (Å²) >= 11 is 0. The third-order valence-electron chi connectivity index (χ3n) is 5.31. The van der Waals surface area contributed by atoms with Crippen LogP contribution in [0.25, 0.3) is 0 Å². The van der Waals surface area contributed by atoms with E-state index >= 15 is 0 Å². The first-order valence-corrected chi connectivity index (χ1v) is 11.9. The number of allylic oxidation sites excluding steroid dienone is 4. The Morgan fingerprint density at radius 1 is 1.08 bits per heavy atom. The summed E-state index contributed by atoms with van der Waals surface area (Å²) in [6.07, 6.45) is 8.87. The Labute approximate surface area is 212 Å². The molecule has 1 aromatic rings. The predicted molar refractivity (Wildman–Crippen MR) is 137 cm³/mol. The van der Waals surface area contributed by atoms with Crippen LogP contribution in [0.2, 0.25) is 0 Å². The number of rotatable bonds is 19. The van der Waals surface area contributed by atoms with E-state index in [4.69, 9.17) is 5.11 Å². The summed E-state index contributed by atoms with van der Waals surface area (Å²) in [7, 11) is 0. The van der Waals surface area contributed by atoms with Crippen LogP contribution in [0, 0.1) is 0 Å². The van der Waals surface area contributed by atoms with E-state index in [1.165, 1.54) is 0 Å². The van der Waals surface area contributed by atoms with Crippen LogP contribution in [0.1, 0.15) is 38.1 Å². The van der Waals surface area contributed by atoms with E-state index in [2.05, 4.69) is 16.9 Å². The number of hydrogen-bond donors (Lipinski definition) is 4. The van der Waals surface area contributed by atoms with Crippen LogP contribution in [0.3, 0.4) is 0 Å². The number of carboxylic acids is 3. The standard InChI is InChI=1S/C26H38N4O6/c1-4-7-10-20(9-5-2)13-23(17-29(6-3)18-25(33)34)30(19-26(35)36)16-22-12-8-11-21(28-22)14-27-15-24(31)32/h5,7-12,23,27H,2,4,6,13-19H2,1,3H3,(H,31,32)(H,33,34)(H,35,36)/b10-7-,20-9+. The summed E-state index contributed by atoms with van der Waals surface area (Å²) in [5.74, 6) is -2.92. The molecular formula is C26H38N4O6. The van der Waals surface area contributed by atoms with Crippen molar-refractivity contribution in [2.24, 2.45) is 0 Å². The Morgan fingerprint density at radius 3 is 2.36 bits per heavy atom. The van der Waals surface area contributed by atoms with Gasteiger partial charge in [-0.3, -0.25) is 29.2 Å². The van der Waals surface area contributed by atoms with Crippen molar-refractivity contribution < 1.29 is 29.7 Å². The first kappa shape index (κ1) is 30.7. The van der Waals surface area contributed by atoms with Crippen molar-refractivity contribution in [2.75, 3.05) is 32.7 Å². The van der Waals surface area contributed by atoms with Crippen LogP contribution >= 0.6 is 0 Å². The number of hydrogen-bond acceptors (Lipinski definition) is 7. The van der Waals surface area contributed by atoms with E-state index < -0.39 is 17.9 Å². The largest absolute Gasteiger partial charge is 0.480 e. The smallest absolute Gasteiger partial charge is 0.317 e. The minimum atomic E-state index is -1.00. The van der Waals surface area contributed by atoms with E-state index in [0.29, 0.717) is 30.9 Å². The first-order valence-electron chi connectivity index (χ1n) is 11.9. The summed E-state index contributed by atoms with van der Waals surface area (Å²) in [5, 5.41) is 30.6. The van der Waals surface area contributed by atoms with Gasteiger partial charge in [0.1, 0.15) is 0 Å². The van der Waals surface area contributed by atoms with Crippen molar-refractivity contribution in [3.63, 3.8) is 0 Å². The molecule has 0 aliphatic rings. The third kappa shape index (κ3) is 12.9. The molecule has 1 atom stereocenters. The molecule has 1 heterocycles. The lowest BCUT2D eigenvalue weighted by Crippen LogP contribution is -2.47. The second kappa shape index (κ2) is 17.1. The van der Waals surface area contributed by atoms with Gasteiger partial charge in [0.15, 0.2) is 0 Å². The van der Waals surface area contributed by atoms with E-state index in [9.17, 15) is 24.6 Å². The van der Waals surface area contributed by atoms with Crippen molar-refractivity contribution >= 4 is 17.9 Å². The first-order chi connectivity index (χ1) is 17.2. The van der Waals surface area contributed by atoms with Crippen molar-refractivity contribution in [3.8, 4) is 0 Å². The molecule has 0 aliphatic carbocycles.